The van der Waals surface area contributed by atoms with Gasteiger partial charge in [0.1, 0.15) is 18.7 Å². The summed E-state index contributed by atoms with van der Waals surface area (Å²) in [4.78, 5) is 142. The Bertz CT molecular complexity index is 4120. The van der Waals surface area contributed by atoms with E-state index in [1.807, 2.05) is 60.1 Å². The Hall–Kier alpha value is -10.1. The van der Waals surface area contributed by atoms with Gasteiger partial charge in [-0.2, -0.15) is 5.10 Å². The third-order valence-electron chi connectivity index (χ3n) is 19.9. The number of rotatable bonds is 33. The second-order valence-corrected chi connectivity index (χ2v) is 29.3. The fourth-order valence-electron chi connectivity index (χ4n) is 15.3. The molecule has 9 N–H and O–H groups in total. The number of ether oxygens (including phenoxy) is 2. The van der Waals surface area contributed by atoms with Gasteiger partial charge in [-0.05, 0) is 154 Å². The van der Waals surface area contributed by atoms with E-state index in [9.17, 15) is 58.2 Å². The van der Waals surface area contributed by atoms with Crippen LogP contribution in [-0.4, -0.2) is 156 Å². The number of aromatic nitrogens is 4. The number of hydrogen-bond acceptors (Lipinski definition) is 16. The largest absolute Gasteiger partial charge is 0.481 e. The first-order chi connectivity index (χ1) is 49.3. The molecule has 2 bridgehead atoms. The molecule has 2 saturated carbocycles. The summed E-state index contributed by atoms with van der Waals surface area (Å²) in [6.07, 6.45) is 13.5. The zero-order valence-corrected chi connectivity index (χ0v) is 59.9. The van der Waals surface area contributed by atoms with Gasteiger partial charge in [0.05, 0.1) is 40.7 Å². The van der Waals surface area contributed by atoms with Crippen LogP contribution in [0.4, 0.5) is 30.9 Å². The van der Waals surface area contributed by atoms with E-state index in [0.717, 1.165) is 89.8 Å². The highest BCUT2D eigenvalue weighted by molar-refractivity contribution is 7.22. The molecule has 103 heavy (non-hydrogen) atoms. The first-order valence-electron chi connectivity index (χ1n) is 35.5. The summed E-state index contributed by atoms with van der Waals surface area (Å²) in [5.41, 5.74) is 10.6. The van der Waals surface area contributed by atoms with E-state index in [2.05, 4.69) is 45.4 Å². The van der Waals surface area contributed by atoms with Crippen molar-refractivity contribution < 1.29 is 67.6 Å². The number of anilines is 3. The number of carboxylic acids is 2. The normalized spacial score (nSPS) is 19.0. The van der Waals surface area contributed by atoms with E-state index >= 15 is 0 Å². The monoisotopic (exact) mass is 1430 g/mol. The van der Waals surface area contributed by atoms with Crippen molar-refractivity contribution in [2.75, 3.05) is 54.9 Å². The standard InChI is InChI=1S/C75H93N13O14S/c1-6-31-75(102-39-38-85(37-30-63(92)93)72(100)101-42-49-20-24-52(25-21-49)79-66(94)57(17-12-34-77-69(76)98)81-67(95)64(47(2)3)83-60(89)19-8-7-11-35-87-61(90)28-29-62(87)91)44-73(5)32-14-33-74(43-73,45-75)46-88-48(4)54(41-78-88)53-26-27-55(80-65(53)68(96)97)51-23-22-50-15-13-36-86(58(50)40-51)71(99)84-70-82-56-16-9-10-18-59(56)103-70/h9-10,16,18,20-29,40-41,47,57,64H,6-8,11-15,17,19,30-39,42-46H2,1-5H3,(H,79,94)(H,81,95)(H,83,89)(H,92,93)(H,96,97)(H3,76,77,98)(H,82,84,99)/t57-,64-,73?,74?,75?/m0/s1. The minimum atomic E-state index is -1.19. The Labute approximate surface area is 602 Å². The minimum Gasteiger partial charge on any atom is -0.481 e. The van der Waals surface area contributed by atoms with Crippen LogP contribution in [0.3, 0.4) is 0 Å². The van der Waals surface area contributed by atoms with Crippen molar-refractivity contribution in [3.8, 4) is 22.4 Å². The molecule has 28 heteroatoms. The summed E-state index contributed by atoms with van der Waals surface area (Å²) in [6, 6.07) is 20.4. The molecule has 3 aromatic heterocycles. The van der Waals surface area contributed by atoms with E-state index in [1.165, 1.54) is 28.4 Å². The predicted octanol–water partition coefficient (Wildman–Crippen LogP) is 10.7. The number of nitrogens with one attached hydrogen (secondary N) is 5. The van der Waals surface area contributed by atoms with Crippen LogP contribution >= 0.6 is 11.3 Å². The number of benzene rings is 3. The average molecular weight is 1430 g/mol. The third kappa shape index (κ3) is 19.4. The summed E-state index contributed by atoms with van der Waals surface area (Å²) in [6.45, 7) is 11.1. The zero-order chi connectivity index (χ0) is 73.6. The predicted molar refractivity (Wildman–Crippen MR) is 388 cm³/mol. The molecule has 6 aromatic rings. The first kappa shape index (κ1) is 75.6. The number of aliphatic carboxylic acids is 1. The van der Waals surface area contributed by atoms with Crippen molar-refractivity contribution in [2.24, 2.45) is 22.5 Å². The van der Waals surface area contributed by atoms with Gasteiger partial charge in [0.15, 0.2) is 10.8 Å². The maximum Gasteiger partial charge on any atom is 0.410 e. The lowest BCUT2D eigenvalue weighted by atomic mass is 9.51. The summed E-state index contributed by atoms with van der Waals surface area (Å²) in [5.74, 6) is -4.97. The molecule has 2 aliphatic carbocycles. The van der Waals surface area contributed by atoms with Gasteiger partial charge >= 0.3 is 30.1 Å². The maximum atomic E-state index is 13.9. The van der Waals surface area contributed by atoms with Gasteiger partial charge in [-0.25, -0.2) is 29.1 Å². The number of nitrogens with two attached hydrogens (primary N) is 1. The van der Waals surface area contributed by atoms with Crippen LogP contribution < -0.4 is 37.2 Å². The molecule has 4 aliphatic rings. The Kier molecular flexibility index (Phi) is 24.8. The van der Waals surface area contributed by atoms with Crippen molar-refractivity contribution in [2.45, 2.75) is 175 Å². The Morgan fingerprint density at radius 3 is 2.32 bits per heavy atom. The number of carbonyl (C=O) groups excluding carboxylic acids is 8. The summed E-state index contributed by atoms with van der Waals surface area (Å²) < 4.78 is 15.8. The maximum absolute atomic E-state index is 13.9. The molecular weight excluding hydrogens is 1340 g/mol. The van der Waals surface area contributed by atoms with Gasteiger partial charge in [-0.3, -0.25) is 48.6 Å². The molecule has 2 fully saturated rings. The zero-order valence-electron chi connectivity index (χ0n) is 59.1. The molecule has 0 radical (unpaired) electrons. The fraction of sp³-hybridized carbons (Fsp3) is 0.480. The molecule has 2 aliphatic heterocycles. The number of amides is 10. The number of aromatic carboxylic acids is 1. The molecule has 548 valence electrons. The van der Waals surface area contributed by atoms with Crippen molar-refractivity contribution >= 4 is 97.7 Å². The van der Waals surface area contributed by atoms with Crippen molar-refractivity contribution in [3.63, 3.8) is 0 Å². The number of thiazole rings is 1. The second kappa shape index (κ2) is 33.8. The number of unbranched alkanes of at least 4 members (excludes halogenated alkanes) is 2. The molecule has 3 unspecified atom stereocenters. The summed E-state index contributed by atoms with van der Waals surface area (Å²) in [7, 11) is 0. The molecular formula is C75H93N13O14S. The van der Waals surface area contributed by atoms with Gasteiger partial charge in [0.2, 0.25) is 17.7 Å². The molecule has 5 heterocycles. The van der Waals surface area contributed by atoms with Crippen LogP contribution in [0.5, 0.6) is 0 Å². The molecule has 27 nitrogen and oxygen atoms in total. The number of nitrogens with zero attached hydrogens (tertiary/aromatic N) is 7. The Balaban J connectivity index is 0.751. The number of fused-ring (bicyclic) bond motifs is 4. The van der Waals surface area contributed by atoms with E-state index in [-0.39, 0.29) is 111 Å². The number of hydrogen-bond donors (Lipinski definition) is 8. The molecule has 0 spiro atoms. The van der Waals surface area contributed by atoms with E-state index in [1.54, 1.807) is 55.3 Å². The highest BCUT2D eigenvalue weighted by Crippen LogP contribution is 2.61. The topological polar surface area (TPSA) is 369 Å². The molecule has 3 aromatic carbocycles. The molecule has 0 saturated heterocycles. The smallest absolute Gasteiger partial charge is 0.410 e. The fourth-order valence-corrected chi connectivity index (χ4v) is 16.1. The van der Waals surface area contributed by atoms with Crippen LogP contribution in [-0.2, 0) is 57.8 Å². The van der Waals surface area contributed by atoms with E-state index in [4.69, 9.17) is 25.3 Å². The number of primary amides is 1. The van der Waals surface area contributed by atoms with Crippen LogP contribution in [0.2, 0.25) is 0 Å². The van der Waals surface area contributed by atoms with Crippen molar-refractivity contribution in [1.29, 1.82) is 0 Å². The van der Waals surface area contributed by atoms with Crippen LogP contribution in [0.25, 0.3) is 32.6 Å². The van der Waals surface area contributed by atoms with E-state index in [0.29, 0.717) is 77.5 Å². The lowest BCUT2D eigenvalue weighted by molar-refractivity contribution is -0.168. The molecule has 10 rings (SSSR count). The summed E-state index contributed by atoms with van der Waals surface area (Å²) in [5, 5.41) is 39.8. The molecule has 10 amide bonds. The van der Waals surface area contributed by atoms with Crippen molar-refractivity contribution in [3.05, 3.63) is 120 Å². The second-order valence-electron chi connectivity index (χ2n) is 28.3. The highest BCUT2D eigenvalue weighted by Gasteiger charge is 2.55. The minimum absolute atomic E-state index is 0.0498. The number of carboxylic acid groups (broad SMARTS) is 2. The Morgan fingerprint density at radius 1 is 0.816 bits per heavy atom. The third-order valence-corrected chi connectivity index (χ3v) is 20.9. The first-order valence-corrected chi connectivity index (χ1v) is 36.3. The lowest BCUT2D eigenvalue weighted by Gasteiger charge is -2.58. The average Bonchev–Trinajstić information content (AvgIpc) is 1.19. The number of pyridine rings is 1. The number of carbonyl (C=O) groups is 10. The number of para-hydroxylation sites is 1. The van der Waals surface area contributed by atoms with Gasteiger partial charge in [-0.15, -0.1) is 0 Å². The quantitative estimate of drug-likeness (QED) is 0.0140. The van der Waals surface area contributed by atoms with Gasteiger partial charge < -0.3 is 51.6 Å². The van der Waals surface area contributed by atoms with Crippen molar-refractivity contribution in [1.82, 2.24) is 45.5 Å². The van der Waals surface area contributed by atoms with Crippen LogP contribution in [0, 0.1) is 23.7 Å². The SMILES string of the molecule is CCCC1(OCCN(CCC(=O)O)C(=O)OCc2ccc(NC(=O)[C@H](CCCNC(N)=O)NC(=O)[C@@H](NC(=O)CCCCCN3C(=O)C=CC3=O)C(C)C)cc2)CC2(C)CCCC(Cn3ncc(-c4ccc(-c5ccc6c(c5)N(C(=O)Nc5nc7ccccc7s5)CCC6)nc4C(=O)O)c3C)(C2)C1. The van der Waals surface area contributed by atoms with Gasteiger partial charge in [0.25, 0.3) is 11.8 Å². The van der Waals surface area contributed by atoms with Crippen LogP contribution in [0.1, 0.15) is 158 Å². The number of urea groups is 2. The highest BCUT2D eigenvalue weighted by atomic mass is 32.1. The van der Waals surface area contributed by atoms with Gasteiger partial charge in [-0.1, -0.05) is 94.7 Å². The Morgan fingerprint density at radius 2 is 1.59 bits per heavy atom. The van der Waals surface area contributed by atoms with E-state index < -0.39 is 53.6 Å². The number of aryl methyl sites for hydroxylation is 1. The van der Waals surface area contributed by atoms with Crippen LogP contribution in [0.15, 0.2) is 97.2 Å². The lowest BCUT2D eigenvalue weighted by Crippen LogP contribution is -2.54. The number of imide groups is 1. The summed E-state index contributed by atoms with van der Waals surface area (Å²) >= 11 is 1.40. The molecule has 5 atom stereocenters. The van der Waals surface area contributed by atoms with Gasteiger partial charge in [0, 0.05) is 91.6 Å².